The van der Waals surface area contributed by atoms with Gasteiger partial charge in [0.05, 0.1) is 25.5 Å². The molecule has 0 bridgehead atoms. The Labute approximate surface area is 171 Å². The Morgan fingerprint density at radius 1 is 1.14 bits per heavy atom. The number of esters is 1. The van der Waals surface area contributed by atoms with Gasteiger partial charge in [-0.2, -0.15) is 0 Å². The van der Waals surface area contributed by atoms with Gasteiger partial charge in [0, 0.05) is 11.1 Å². The lowest BCUT2D eigenvalue weighted by Crippen LogP contribution is -2.05. The number of aryl methyl sites for hydroxylation is 1. The smallest absolute Gasteiger partial charge is 0.334 e. The van der Waals surface area contributed by atoms with Crippen LogP contribution in [0.25, 0.3) is 5.76 Å². The van der Waals surface area contributed by atoms with E-state index in [0.29, 0.717) is 19.0 Å². The number of hydrogen-bond acceptors (Lipinski definition) is 6. The van der Waals surface area contributed by atoms with Crippen LogP contribution in [0.3, 0.4) is 0 Å². The molecule has 29 heavy (non-hydrogen) atoms. The lowest BCUT2D eigenvalue weighted by atomic mass is 10.1. The van der Waals surface area contributed by atoms with Crippen molar-refractivity contribution in [3.05, 3.63) is 70.8 Å². The molecule has 0 atom stereocenters. The van der Waals surface area contributed by atoms with Gasteiger partial charge < -0.3 is 19.0 Å². The van der Waals surface area contributed by atoms with E-state index in [-0.39, 0.29) is 0 Å². The lowest BCUT2D eigenvalue weighted by molar-refractivity contribution is -0.137. The molecule has 0 spiro atoms. The summed E-state index contributed by atoms with van der Waals surface area (Å²) in [7, 11) is 3.05. The van der Waals surface area contributed by atoms with Crippen molar-refractivity contribution in [2.75, 3.05) is 20.8 Å². The van der Waals surface area contributed by atoms with Crippen LogP contribution in [0.2, 0.25) is 0 Å². The van der Waals surface area contributed by atoms with Crippen molar-refractivity contribution in [3.8, 4) is 5.75 Å². The lowest BCUT2D eigenvalue weighted by Gasteiger charge is -2.15. The molecule has 2 rings (SSSR count). The highest BCUT2D eigenvalue weighted by molar-refractivity contribution is 5.98. The standard InChI is InChI=1S/C23H27NO5/c1-6-28-23(25)14-22(26-4)20-10-8-7-9-19(20)15-29-21-12-11-18(13-16(21)2)17(3)24-27-5/h7-14H,6,15H2,1-5H3/b22-14+,24-17?. The number of carbonyl (C=O) groups excluding carboxylic acids is 1. The van der Waals surface area contributed by atoms with Crippen LogP contribution in [0, 0.1) is 6.92 Å². The Morgan fingerprint density at radius 3 is 2.55 bits per heavy atom. The van der Waals surface area contributed by atoms with Crippen molar-refractivity contribution in [1.29, 1.82) is 0 Å². The first-order chi connectivity index (χ1) is 14.0. The van der Waals surface area contributed by atoms with Crippen LogP contribution < -0.4 is 4.74 Å². The van der Waals surface area contributed by atoms with Crippen LogP contribution in [0.4, 0.5) is 0 Å². The highest BCUT2D eigenvalue weighted by Gasteiger charge is 2.12. The molecule has 0 fully saturated rings. The van der Waals surface area contributed by atoms with Gasteiger partial charge in [-0.1, -0.05) is 29.4 Å². The minimum absolute atomic E-state index is 0.306. The zero-order chi connectivity index (χ0) is 21.2. The van der Waals surface area contributed by atoms with Gasteiger partial charge in [0.25, 0.3) is 0 Å². The largest absolute Gasteiger partial charge is 0.496 e. The third kappa shape index (κ3) is 6.10. The normalized spacial score (nSPS) is 11.8. The van der Waals surface area contributed by atoms with Crippen LogP contribution in [0.1, 0.15) is 36.1 Å². The predicted molar refractivity (Wildman–Crippen MR) is 113 cm³/mol. The third-order valence-corrected chi connectivity index (χ3v) is 4.24. The average molecular weight is 397 g/mol. The summed E-state index contributed by atoms with van der Waals surface area (Å²) in [5.41, 5.74) is 4.42. The quantitative estimate of drug-likeness (QED) is 0.205. The summed E-state index contributed by atoms with van der Waals surface area (Å²) in [6, 6.07) is 13.5. The molecule has 2 aromatic rings. The van der Waals surface area contributed by atoms with Crippen molar-refractivity contribution in [1.82, 2.24) is 0 Å². The molecule has 0 amide bonds. The first-order valence-corrected chi connectivity index (χ1v) is 9.32. The summed E-state index contributed by atoms with van der Waals surface area (Å²) in [4.78, 5) is 16.7. The zero-order valence-corrected chi connectivity index (χ0v) is 17.5. The van der Waals surface area contributed by atoms with E-state index in [1.165, 1.54) is 20.3 Å². The molecule has 2 aromatic carbocycles. The van der Waals surface area contributed by atoms with Crippen LogP contribution >= 0.6 is 0 Å². The van der Waals surface area contributed by atoms with E-state index in [4.69, 9.17) is 19.0 Å². The number of benzene rings is 2. The van der Waals surface area contributed by atoms with E-state index in [0.717, 1.165) is 33.7 Å². The molecule has 0 aromatic heterocycles. The molecule has 154 valence electrons. The van der Waals surface area contributed by atoms with Gasteiger partial charge in [0.15, 0.2) is 0 Å². The molecule has 0 unspecified atom stereocenters. The fourth-order valence-electron chi connectivity index (χ4n) is 2.81. The number of ether oxygens (including phenoxy) is 3. The van der Waals surface area contributed by atoms with E-state index in [1.54, 1.807) is 6.92 Å². The molecule has 0 aliphatic heterocycles. The van der Waals surface area contributed by atoms with Crippen LogP contribution in [-0.2, 0) is 25.7 Å². The van der Waals surface area contributed by atoms with Crippen molar-refractivity contribution in [2.24, 2.45) is 5.16 Å². The van der Waals surface area contributed by atoms with Crippen molar-refractivity contribution in [2.45, 2.75) is 27.4 Å². The van der Waals surface area contributed by atoms with Gasteiger partial charge in [0.1, 0.15) is 25.2 Å². The van der Waals surface area contributed by atoms with E-state index in [2.05, 4.69) is 5.16 Å². The topological polar surface area (TPSA) is 66.4 Å². The summed E-state index contributed by atoms with van der Waals surface area (Å²) in [6.07, 6.45) is 1.35. The Hall–Kier alpha value is -3.28. The van der Waals surface area contributed by atoms with Crippen molar-refractivity contribution < 1.29 is 23.8 Å². The van der Waals surface area contributed by atoms with Gasteiger partial charge >= 0.3 is 5.97 Å². The Balaban J connectivity index is 2.22. The Morgan fingerprint density at radius 2 is 1.90 bits per heavy atom. The van der Waals surface area contributed by atoms with E-state index in [9.17, 15) is 4.79 Å². The summed E-state index contributed by atoms with van der Waals surface area (Å²) in [5.74, 6) is 0.753. The number of oxime groups is 1. The van der Waals surface area contributed by atoms with Gasteiger partial charge in [0.2, 0.25) is 0 Å². The zero-order valence-electron chi connectivity index (χ0n) is 17.5. The molecule has 0 saturated carbocycles. The average Bonchev–Trinajstić information content (AvgIpc) is 2.72. The third-order valence-electron chi connectivity index (χ3n) is 4.24. The molecular weight excluding hydrogens is 370 g/mol. The maximum Gasteiger partial charge on any atom is 0.334 e. The van der Waals surface area contributed by atoms with Gasteiger partial charge in [-0.3, -0.25) is 0 Å². The molecule has 0 radical (unpaired) electrons. The number of methoxy groups -OCH3 is 1. The van der Waals surface area contributed by atoms with Gasteiger partial charge in [-0.05, 0) is 50.1 Å². The molecular formula is C23H27NO5. The van der Waals surface area contributed by atoms with Gasteiger partial charge in [-0.15, -0.1) is 0 Å². The highest BCUT2D eigenvalue weighted by Crippen LogP contribution is 2.24. The number of hydrogen-bond donors (Lipinski definition) is 0. The molecule has 0 aliphatic rings. The first-order valence-electron chi connectivity index (χ1n) is 9.32. The minimum Gasteiger partial charge on any atom is -0.496 e. The molecule has 0 heterocycles. The van der Waals surface area contributed by atoms with E-state index >= 15 is 0 Å². The SMILES string of the molecule is CCOC(=O)/C=C(/OC)c1ccccc1COc1ccc(C(C)=NOC)cc1C. The molecule has 0 saturated heterocycles. The van der Waals surface area contributed by atoms with E-state index < -0.39 is 5.97 Å². The van der Waals surface area contributed by atoms with Gasteiger partial charge in [-0.25, -0.2) is 4.79 Å². The Bertz CT molecular complexity index is 902. The second-order valence-corrected chi connectivity index (χ2v) is 6.25. The van der Waals surface area contributed by atoms with Crippen molar-refractivity contribution in [3.63, 3.8) is 0 Å². The second-order valence-electron chi connectivity index (χ2n) is 6.25. The maximum absolute atomic E-state index is 11.8. The fourth-order valence-corrected chi connectivity index (χ4v) is 2.81. The summed E-state index contributed by atoms with van der Waals surface area (Å²) in [5, 5.41) is 3.95. The highest BCUT2D eigenvalue weighted by atomic mass is 16.6. The van der Waals surface area contributed by atoms with Crippen LogP contribution in [-0.4, -0.2) is 32.5 Å². The van der Waals surface area contributed by atoms with Crippen LogP contribution in [0.5, 0.6) is 5.75 Å². The van der Waals surface area contributed by atoms with Crippen molar-refractivity contribution >= 4 is 17.4 Å². The molecule has 0 aliphatic carbocycles. The summed E-state index contributed by atoms with van der Waals surface area (Å²) in [6.45, 7) is 6.26. The first kappa shape index (κ1) is 22.0. The molecule has 6 nitrogen and oxygen atoms in total. The van der Waals surface area contributed by atoms with E-state index in [1.807, 2.05) is 56.3 Å². The minimum atomic E-state index is -0.445. The fraction of sp³-hybridized carbons (Fsp3) is 0.304. The number of carbonyl (C=O) groups is 1. The predicted octanol–water partition coefficient (Wildman–Crippen LogP) is 4.49. The molecule has 6 heteroatoms. The summed E-state index contributed by atoms with van der Waals surface area (Å²) >= 11 is 0. The summed E-state index contributed by atoms with van der Waals surface area (Å²) < 4.78 is 16.4. The second kappa shape index (κ2) is 10.9. The Kier molecular flexibility index (Phi) is 8.27. The monoisotopic (exact) mass is 397 g/mol. The number of rotatable bonds is 9. The maximum atomic E-state index is 11.8. The number of nitrogens with zero attached hydrogens (tertiary/aromatic N) is 1. The molecule has 0 N–H and O–H groups in total. The van der Waals surface area contributed by atoms with Crippen LogP contribution in [0.15, 0.2) is 53.7 Å².